The quantitative estimate of drug-likeness (QED) is 0.266. The molecule has 1 aliphatic carbocycles. The number of nitrogens with zero attached hydrogens (tertiary/aromatic N) is 6. The van der Waals surface area contributed by atoms with E-state index in [1.165, 1.54) is 12.2 Å². The Hall–Kier alpha value is -1.54. The molecule has 1 aliphatic rings. The van der Waals surface area contributed by atoms with Crippen LogP contribution in [0, 0.1) is 0 Å². The Kier molecular flexibility index (Phi) is 6.23. The van der Waals surface area contributed by atoms with Crippen molar-refractivity contribution in [3.05, 3.63) is 33.0 Å². The molecule has 0 bridgehead atoms. The minimum atomic E-state index is -2.28. The molecule has 2 N–H and O–H groups in total. The number of aliphatic hydroxyl groups excluding tert-OH is 2. The van der Waals surface area contributed by atoms with Gasteiger partial charge >= 0.3 is 0 Å². The van der Waals surface area contributed by atoms with E-state index >= 15 is 0 Å². The number of rotatable bonds is 4. The van der Waals surface area contributed by atoms with E-state index < -0.39 is 38.7 Å². The van der Waals surface area contributed by atoms with E-state index in [-0.39, 0.29) is 5.04 Å². The van der Waals surface area contributed by atoms with Gasteiger partial charge in [0.25, 0.3) is 0 Å². The highest BCUT2D eigenvalue weighted by molar-refractivity contribution is 6.74. The molecule has 0 unspecified atom stereocenters. The van der Waals surface area contributed by atoms with Crippen molar-refractivity contribution >= 4 is 8.32 Å². The van der Waals surface area contributed by atoms with Crippen LogP contribution in [-0.2, 0) is 4.43 Å². The molecule has 0 spiro atoms. The maximum atomic E-state index is 10.6. The third kappa shape index (κ3) is 4.48. The molecule has 9 nitrogen and oxygen atoms in total. The van der Waals surface area contributed by atoms with Gasteiger partial charge in [0.15, 0.2) is 8.32 Å². The fourth-order valence-corrected chi connectivity index (χ4v) is 3.38. The SMILES string of the molecule is CC(C)(C)[Si](C)(C)O[C@@H]1[C@@H](O)[C@H](N=[N+]=[N-])[C@H](N=[N+]=[N-])C=C[C@H]1O. The molecule has 10 heteroatoms. The van der Waals surface area contributed by atoms with E-state index in [9.17, 15) is 10.2 Å². The first-order chi connectivity index (χ1) is 10.5. The highest BCUT2D eigenvalue weighted by Crippen LogP contribution is 2.39. The second-order valence-corrected chi connectivity index (χ2v) is 11.9. The molecule has 0 amide bonds. The maximum absolute atomic E-state index is 10.6. The summed E-state index contributed by atoms with van der Waals surface area (Å²) in [6.07, 6.45) is -0.494. The topological polar surface area (TPSA) is 147 Å². The highest BCUT2D eigenvalue weighted by Gasteiger charge is 2.45. The lowest BCUT2D eigenvalue weighted by atomic mass is 10.0. The third-order valence-electron chi connectivity index (χ3n) is 4.49. The minimum Gasteiger partial charge on any atom is -0.408 e. The molecular formula is C13H24N6O3Si. The van der Waals surface area contributed by atoms with Gasteiger partial charge in [-0.1, -0.05) is 43.2 Å². The lowest BCUT2D eigenvalue weighted by molar-refractivity contribution is -0.0409. The van der Waals surface area contributed by atoms with Crippen molar-refractivity contribution in [1.82, 2.24) is 0 Å². The molecule has 0 saturated heterocycles. The molecule has 0 aromatic carbocycles. The van der Waals surface area contributed by atoms with Gasteiger partial charge in [0, 0.05) is 9.82 Å². The fraction of sp³-hybridized carbons (Fsp3) is 0.846. The van der Waals surface area contributed by atoms with Gasteiger partial charge in [0.05, 0.1) is 24.3 Å². The monoisotopic (exact) mass is 340 g/mol. The second kappa shape index (κ2) is 7.35. The van der Waals surface area contributed by atoms with Crippen LogP contribution in [0.15, 0.2) is 22.4 Å². The van der Waals surface area contributed by atoms with Crippen molar-refractivity contribution in [3.63, 3.8) is 0 Å². The zero-order valence-electron chi connectivity index (χ0n) is 14.0. The average Bonchev–Trinajstić information content (AvgIpc) is 2.53. The van der Waals surface area contributed by atoms with Crippen molar-refractivity contribution in [2.45, 2.75) is 69.3 Å². The molecule has 0 saturated carbocycles. The van der Waals surface area contributed by atoms with Crippen LogP contribution in [0.1, 0.15) is 20.8 Å². The number of hydrogen-bond acceptors (Lipinski definition) is 5. The summed E-state index contributed by atoms with van der Waals surface area (Å²) >= 11 is 0. The zero-order chi connectivity index (χ0) is 17.8. The van der Waals surface area contributed by atoms with E-state index in [0.717, 1.165) is 0 Å². The van der Waals surface area contributed by atoms with Crippen molar-refractivity contribution < 1.29 is 14.6 Å². The predicted octanol–water partition coefficient (Wildman–Crippen LogP) is 3.03. The van der Waals surface area contributed by atoms with Crippen LogP contribution in [0.2, 0.25) is 18.1 Å². The maximum Gasteiger partial charge on any atom is 0.192 e. The van der Waals surface area contributed by atoms with Gasteiger partial charge in [-0.05, 0) is 29.2 Å². The largest absolute Gasteiger partial charge is 0.408 e. The zero-order valence-corrected chi connectivity index (χ0v) is 15.0. The van der Waals surface area contributed by atoms with E-state index in [2.05, 4.69) is 20.1 Å². The highest BCUT2D eigenvalue weighted by atomic mass is 28.4. The first kappa shape index (κ1) is 19.5. The summed E-state index contributed by atoms with van der Waals surface area (Å²) in [7, 11) is -2.28. The van der Waals surface area contributed by atoms with Gasteiger partial charge in [0.1, 0.15) is 6.10 Å². The van der Waals surface area contributed by atoms with Crippen molar-refractivity contribution in [2.24, 2.45) is 10.2 Å². The van der Waals surface area contributed by atoms with Crippen LogP contribution < -0.4 is 0 Å². The van der Waals surface area contributed by atoms with Crippen LogP contribution in [-0.4, -0.2) is 48.9 Å². The summed E-state index contributed by atoms with van der Waals surface area (Å²) < 4.78 is 6.12. The smallest absolute Gasteiger partial charge is 0.192 e. The van der Waals surface area contributed by atoms with E-state index in [4.69, 9.17) is 15.5 Å². The Balaban J connectivity index is 3.20. The van der Waals surface area contributed by atoms with Crippen molar-refractivity contribution in [3.8, 4) is 0 Å². The Morgan fingerprint density at radius 2 is 1.65 bits per heavy atom. The lowest BCUT2D eigenvalue weighted by Gasteiger charge is -2.42. The standard InChI is InChI=1S/C13H24N6O3Si/c1-13(2,3)23(4,5)22-12-9(20)7-6-8(16-18-14)10(11(12)21)17-19-15/h6-12,20-21H,1-5H3/t8-,9-,10-,11+,12+/m1/s1. The summed E-state index contributed by atoms with van der Waals surface area (Å²) in [5.41, 5.74) is 17.4. The molecule has 0 heterocycles. The number of hydrogen-bond donors (Lipinski definition) is 2. The molecule has 1 rings (SSSR count). The van der Waals surface area contributed by atoms with Gasteiger partial charge in [0.2, 0.25) is 0 Å². The average molecular weight is 340 g/mol. The molecule has 0 radical (unpaired) electrons. The predicted molar refractivity (Wildman–Crippen MR) is 89.1 cm³/mol. The van der Waals surface area contributed by atoms with Crippen LogP contribution in [0.25, 0.3) is 20.9 Å². The number of azide groups is 2. The van der Waals surface area contributed by atoms with Gasteiger partial charge in [-0.15, -0.1) is 0 Å². The molecule has 0 aromatic heterocycles. The first-order valence-electron chi connectivity index (χ1n) is 7.36. The van der Waals surface area contributed by atoms with E-state index in [1.54, 1.807) is 0 Å². The Morgan fingerprint density at radius 3 is 2.13 bits per heavy atom. The Labute approximate surface area is 136 Å². The second-order valence-electron chi connectivity index (χ2n) is 7.10. The van der Waals surface area contributed by atoms with Crippen LogP contribution in [0.4, 0.5) is 0 Å². The van der Waals surface area contributed by atoms with Crippen molar-refractivity contribution in [2.75, 3.05) is 0 Å². The Morgan fingerprint density at radius 1 is 1.09 bits per heavy atom. The van der Waals surface area contributed by atoms with Crippen LogP contribution in [0.3, 0.4) is 0 Å². The molecule has 128 valence electrons. The van der Waals surface area contributed by atoms with Crippen LogP contribution in [0.5, 0.6) is 0 Å². The van der Waals surface area contributed by atoms with E-state index in [1.807, 2.05) is 33.9 Å². The minimum absolute atomic E-state index is 0.124. The normalized spacial score (nSPS) is 31.7. The third-order valence-corrected chi connectivity index (χ3v) is 8.96. The molecule has 5 atom stereocenters. The van der Waals surface area contributed by atoms with Gasteiger partial charge < -0.3 is 14.6 Å². The summed E-state index contributed by atoms with van der Waals surface area (Å²) in [6, 6.07) is -1.92. The van der Waals surface area contributed by atoms with Gasteiger partial charge in [-0.2, -0.15) is 0 Å². The lowest BCUT2D eigenvalue weighted by Crippen LogP contribution is -2.53. The van der Waals surface area contributed by atoms with Gasteiger partial charge in [-0.3, -0.25) is 0 Å². The molecule has 0 aromatic rings. The molecular weight excluding hydrogens is 316 g/mol. The van der Waals surface area contributed by atoms with E-state index in [0.29, 0.717) is 0 Å². The first-order valence-corrected chi connectivity index (χ1v) is 10.3. The number of aliphatic hydroxyl groups is 2. The Bertz CT molecular complexity index is 548. The summed E-state index contributed by atoms with van der Waals surface area (Å²) in [5, 5.41) is 27.8. The molecule has 0 fully saturated rings. The van der Waals surface area contributed by atoms with Gasteiger partial charge in [-0.25, -0.2) is 0 Å². The van der Waals surface area contributed by atoms with Crippen molar-refractivity contribution in [1.29, 1.82) is 0 Å². The summed E-state index contributed by atoms with van der Waals surface area (Å²) in [6.45, 7) is 10.1. The van der Waals surface area contributed by atoms with Crippen LogP contribution >= 0.6 is 0 Å². The fourth-order valence-electron chi connectivity index (χ4n) is 2.07. The summed E-state index contributed by atoms with van der Waals surface area (Å²) in [4.78, 5) is 5.41. The molecule has 23 heavy (non-hydrogen) atoms. The molecule has 0 aliphatic heterocycles. The summed E-state index contributed by atoms with van der Waals surface area (Å²) in [5.74, 6) is 0.